The first-order chi connectivity index (χ1) is 12.0. The first-order valence-corrected chi connectivity index (χ1v) is 8.94. The van der Waals surface area contributed by atoms with Crippen molar-refractivity contribution in [3.63, 3.8) is 0 Å². The van der Waals surface area contributed by atoms with Gasteiger partial charge >= 0.3 is 5.97 Å². The topological polar surface area (TPSA) is 44.8 Å². The normalized spacial score (nSPS) is 27.3. The highest BCUT2D eigenvalue weighted by Crippen LogP contribution is 2.54. The summed E-state index contributed by atoms with van der Waals surface area (Å²) in [5.41, 5.74) is 5.02. The third-order valence-corrected chi connectivity index (χ3v) is 5.88. The molecule has 4 rings (SSSR count). The van der Waals surface area contributed by atoms with Crippen molar-refractivity contribution in [3.8, 4) is 11.5 Å². The third kappa shape index (κ3) is 2.55. The summed E-state index contributed by atoms with van der Waals surface area (Å²) in [6.45, 7) is 4.31. The van der Waals surface area contributed by atoms with Crippen LogP contribution in [0.25, 0.3) is 5.57 Å². The van der Waals surface area contributed by atoms with Gasteiger partial charge in [0.1, 0.15) is 24.2 Å². The lowest BCUT2D eigenvalue weighted by atomic mass is 9.61. The number of hydrogen-bond acceptors (Lipinski definition) is 4. The van der Waals surface area contributed by atoms with Crippen LogP contribution in [0.1, 0.15) is 45.1 Å². The highest BCUT2D eigenvalue weighted by molar-refractivity contribution is 5.80. The molecule has 0 amide bonds. The van der Waals surface area contributed by atoms with Crippen LogP contribution in [-0.4, -0.2) is 25.8 Å². The molecular weight excluding hydrogens is 316 g/mol. The van der Waals surface area contributed by atoms with E-state index < -0.39 is 0 Å². The van der Waals surface area contributed by atoms with E-state index in [1.807, 2.05) is 12.1 Å². The Labute approximate surface area is 148 Å². The fourth-order valence-electron chi connectivity index (χ4n) is 4.57. The van der Waals surface area contributed by atoms with E-state index in [2.05, 4.69) is 19.1 Å². The number of methoxy groups -OCH3 is 1. The Morgan fingerprint density at radius 2 is 2.16 bits per heavy atom. The molecule has 0 saturated carbocycles. The van der Waals surface area contributed by atoms with Gasteiger partial charge in [0.2, 0.25) is 0 Å². The summed E-state index contributed by atoms with van der Waals surface area (Å²) in [4.78, 5) is 11.5. The number of allylic oxidation sites excluding steroid dienone is 2. The van der Waals surface area contributed by atoms with Crippen molar-refractivity contribution in [3.05, 3.63) is 41.0 Å². The molecule has 0 aromatic heterocycles. The van der Waals surface area contributed by atoms with Crippen molar-refractivity contribution in [2.45, 2.75) is 45.6 Å². The Morgan fingerprint density at radius 3 is 2.92 bits per heavy atom. The fourth-order valence-corrected chi connectivity index (χ4v) is 4.57. The molecule has 2 aliphatic carbocycles. The van der Waals surface area contributed by atoms with Crippen LogP contribution in [0.3, 0.4) is 0 Å². The summed E-state index contributed by atoms with van der Waals surface area (Å²) in [6.07, 6.45) is 6.08. The molecule has 1 heterocycles. The number of carbonyl (C=O) groups excluding carboxylic acids is 1. The van der Waals surface area contributed by atoms with Gasteiger partial charge in [0, 0.05) is 24.0 Å². The molecule has 4 nitrogen and oxygen atoms in total. The van der Waals surface area contributed by atoms with Crippen molar-refractivity contribution >= 4 is 11.5 Å². The fraction of sp³-hybridized carbons (Fsp3) is 0.476. The monoisotopic (exact) mass is 340 g/mol. The molecule has 1 aromatic rings. The Morgan fingerprint density at radius 1 is 1.32 bits per heavy atom. The number of fused-ring (bicyclic) bond motifs is 4. The predicted octanol–water partition coefficient (Wildman–Crippen LogP) is 4.29. The predicted molar refractivity (Wildman–Crippen MR) is 95.6 cm³/mol. The second-order valence-corrected chi connectivity index (χ2v) is 7.32. The number of hydrogen-bond donors (Lipinski definition) is 0. The van der Waals surface area contributed by atoms with Gasteiger partial charge in [-0.3, -0.25) is 4.79 Å². The maximum Gasteiger partial charge on any atom is 0.302 e. The number of esters is 1. The highest BCUT2D eigenvalue weighted by atomic mass is 16.5. The van der Waals surface area contributed by atoms with Crippen LogP contribution in [-0.2, 0) is 9.53 Å². The van der Waals surface area contributed by atoms with Gasteiger partial charge in [0.25, 0.3) is 0 Å². The molecule has 0 unspecified atom stereocenters. The van der Waals surface area contributed by atoms with Crippen LogP contribution in [0, 0.1) is 5.41 Å². The summed E-state index contributed by atoms with van der Waals surface area (Å²) in [5, 5.41) is 0. The lowest BCUT2D eigenvalue weighted by Crippen LogP contribution is -2.43. The summed E-state index contributed by atoms with van der Waals surface area (Å²) in [5.74, 6) is 1.52. The molecule has 3 aliphatic rings. The smallest absolute Gasteiger partial charge is 0.302 e. The molecule has 1 aliphatic heterocycles. The first-order valence-electron chi connectivity index (χ1n) is 8.94. The van der Waals surface area contributed by atoms with Gasteiger partial charge in [-0.15, -0.1) is 0 Å². The lowest BCUT2D eigenvalue weighted by molar-refractivity contribution is -0.152. The Bertz CT molecular complexity index is 789. The van der Waals surface area contributed by atoms with E-state index in [0.717, 1.165) is 37.2 Å². The molecule has 0 radical (unpaired) electrons. The summed E-state index contributed by atoms with van der Waals surface area (Å²) in [6, 6.07) is 6.05. The van der Waals surface area contributed by atoms with Gasteiger partial charge < -0.3 is 14.2 Å². The molecule has 0 fully saturated rings. The minimum absolute atomic E-state index is 0.0451. The Hall–Kier alpha value is -2.23. The highest BCUT2D eigenvalue weighted by Gasteiger charge is 2.46. The molecule has 2 atom stereocenters. The average Bonchev–Trinajstić information content (AvgIpc) is 2.61. The van der Waals surface area contributed by atoms with E-state index in [-0.39, 0.29) is 17.5 Å². The van der Waals surface area contributed by atoms with Gasteiger partial charge in [-0.25, -0.2) is 0 Å². The van der Waals surface area contributed by atoms with Crippen molar-refractivity contribution in [2.24, 2.45) is 5.41 Å². The molecule has 132 valence electrons. The van der Waals surface area contributed by atoms with E-state index >= 15 is 0 Å². The zero-order valence-corrected chi connectivity index (χ0v) is 15.1. The van der Waals surface area contributed by atoms with Gasteiger partial charge in [0.05, 0.1) is 7.11 Å². The van der Waals surface area contributed by atoms with Crippen molar-refractivity contribution in [2.75, 3.05) is 13.7 Å². The first kappa shape index (κ1) is 16.2. The van der Waals surface area contributed by atoms with Crippen LogP contribution < -0.4 is 9.47 Å². The van der Waals surface area contributed by atoms with E-state index in [1.165, 1.54) is 29.2 Å². The van der Waals surface area contributed by atoms with Crippen LogP contribution in [0.2, 0.25) is 0 Å². The van der Waals surface area contributed by atoms with Gasteiger partial charge in [0.15, 0.2) is 0 Å². The average molecular weight is 340 g/mol. The number of ether oxygens (including phenoxy) is 3. The molecular formula is C21H24O4. The van der Waals surface area contributed by atoms with Crippen molar-refractivity contribution < 1.29 is 19.0 Å². The van der Waals surface area contributed by atoms with Crippen LogP contribution in [0.15, 0.2) is 35.4 Å². The number of carbonyl (C=O) groups is 1. The summed E-state index contributed by atoms with van der Waals surface area (Å²) in [7, 11) is 1.67. The van der Waals surface area contributed by atoms with Crippen molar-refractivity contribution in [1.29, 1.82) is 0 Å². The van der Waals surface area contributed by atoms with Crippen LogP contribution in [0.5, 0.6) is 11.5 Å². The second kappa shape index (κ2) is 5.94. The van der Waals surface area contributed by atoms with E-state index in [1.54, 1.807) is 7.11 Å². The maximum absolute atomic E-state index is 11.5. The minimum atomic E-state index is -0.190. The molecule has 25 heavy (non-hydrogen) atoms. The summed E-state index contributed by atoms with van der Waals surface area (Å²) < 4.78 is 17.1. The quantitative estimate of drug-likeness (QED) is 0.753. The molecule has 0 bridgehead atoms. The van der Waals surface area contributed by atoms with E-state index in [0.29, 0.717) is 6.61 Å². The van der Waals surface area contributed by atoms with Crippen LogP contribution >= 0.6 is 0 Å². The van der Waals surface area contributed by atoms with Crippen LogP contribution in [0.4, 0.5) is 0 Å². The minimum Gasteiger partial charge on any atom is -0.497 e. The van der Waals surface area contributed by atoms with E-state index in [4.69, 9.17) is 14.2 Å². The Kier molecular flexibility index (Phi) is 3.86. The van der Waals surface area contributed by atoms with Gasteiger partial charge in [-0.05, 0) is 54.5 Å². The zero-order valence-electron chi connectivity index (χ0n) is 15.1. The third-order valence-electron chi connectivity index (χ3n) is 5.88. The molecule has 1 aromatic carbocycles. The number of benzene rings is 1. The molecule has 4 heteroatoms. The SMILES string of the molecule is COc1ccc2c(c1)OCC1=C2CC[C@@]2(C)C1=CCC[C@H]2OC(C)=O. The van der Waals surface area contributed by atoms with E-state index in [9.17, 15) is 4.79 Å². The summed E-state index contributed by atoms with van der Waals surface area (Å²) >= 11 is 0. The maximum atomic E-state index is 11.5. The molecule has 0 saturated heterocycles. The van der Waals surface area contributed by atoms with Crippen molar-refractivity contribution in [1.82, 2.24) is 0 Å². The number of rotatable bonds is 2. The molecule has 0 N–H and O–H groups in total. The molecule has 0 spiro atoms. The lowest BCUT2D eigenvalue weighted by Gasteiger charge is -2.47. The zero-order chi connectivity index (χ0) is 17.6. The second-order valence-electron chi connectivity index (χ2n) is 7.32. The Balaban J connectivity index is 1.76. The standard InChI is InChI=1S/C21H24O4/c1-13(22)25-20-6-4-5-18-17-12-24-19-11-14(23-3)7-8-16(19)15(17)9-10-21(18,20)2/h5,7-8,11,20H,4,6,9-10,12H2,1-3H3/t20-,21+/m1/s1. The van der Waals surface area contributed by atoms with Gasteiger partial charge in [-0.1, -0.05) is 13.0 Å². The largest absolute Gasteiger partial charge is 0.497 e. The van der Waals surface area contributed by atoms with Gasteiger partial charge in [-0.2, -0.15) is 0 Å².